The lowest BCUT2D eigenvalue weighted by Gasteiger charge is -2.19. The third-order valence-corrected chi connectivity index (χ3v) is 6.30. The monoisotopic (exact) mass is 721 g/mol. The van der Waals surface area contributed by atoms with Gasteiger partial charge in [-0.3, -0.25) is 14.7 Å². The lowest BCUT2D eigenvalue weighted by Crippen LogP contribution is -2.26. The van der Waals surface area contributed by atoms with E-state index < -0.39 is 36.4 Å². The van der Waals surface area contributed by atoms with Crippen LogP contribution < -0.4 is 5.32 Å². The van der Waals surface area contributed by atoms with E-state index in [1.807, 2.05) is 18.5 Å². The molecule has 0 saturated heterocycles. The number of amides is 1. The molecule has 0 atom stereocenters. The Bertz CT molecular complexity index is 1360. The first kappa shape index (κ1) is 42.3. The van der Waals surface area contributed by atoms with Crippen LogP contribution in [-0.2, 0) is 33.8 Å². The van der Waals surface area contributed by atoms with E-state index in [-0.39, 0.29) is 5.91 Å². The Morgan fingerprint density at radius 3 is 1.78 bits per heavy atom. The summed E-state index contributed by atoms with van der Waals surface area (Å²) in [6.45, 7) is 3.75. The Balaban J connectivity index is 0.000000467. The van der Waals surface area contributed by atoms with Gasteiger partial charge in [-0.15, -0.1) is 0 Å². The van der Waals surface area contributed by atoms with Gasteiger partial charge in [-0.25, -0.2) is 19.4 Å². The average molecular weight is 722 g/mol. The molecular weight excluding hydrogens is 689 g/mol. The van der Waals surface area contributed by atoms with Crippen molar-refractivity contribution in [3.05, 3.63) is 53.0 Å². The van der Waals surface area contributed by atoms with Crippen molar-refractivity contribution in [3.8, 4) is 0 Å². The van der Waals surface area contributed by atoms with E-state index in [1.165, 1.54) is 24.0 Å². The molecule has 1 fully saturated rings. The predicted molar refractivity (Wildman–Crippen MR) is 151 cm³/mol. The normalized spacial score (nSPS) is 14.5. The molecule has 4 N–H and O–H groups in total. The molecule has 1 amide bonds. The summed E-state index contributed by atoms with van der Waals surface area (Å²) in [7, 11) is 3.60. The molecule has 12 nitrogen and oxygen atoms in total. The first-order chi connectivity index (χ1) is 22.4. The highest BCUT2D eigenvalue weighted by Crippen LogP contribution is 2.30. The van der Waals surface area contributed by atoms with Crippen LogP contribution in [0.1, 0.15) is 40.0 Å². The summed E-state index contributed by atoms with van der Waals surface area (Å²) < 4.78 is 95.2. The molecule has 1 aliphatic carbocycles. The molecule has 1 saturated carbocycles. The quantitative estimate of drug-likeness (QED) is 0.310. The van der Waals surface area contributed by atoms with Crippen LogP contribution in [0.4, 0.5) is 45.3 Å². The van der Waals surface area contributed by atoms with Crippen molar-refractivity contribution >= 4 is 29.6 Å². The molecular formula is C28H32F9N5O7. The molecule has 2 aromatic heterocycles. The number of carboxylic acid groups (broad SMARTS) is 3. The second-order valence-corrected chi connectivity index (χ2v) is 10.6. The number of fused-ring (bicyclic) bond motifs is 1. The number of nitrogens with one attached hydrogen (secondary N) is 1. The van der Waals surface area contributed by atoms with E-state index in [4.69, 9.17) is 34.7 Å². The van der Waals surface area contributed by atoms with Gasteiger partial charge in [0.1, 0.15) is 5.82 Å². The maximum Gasteiger partial charge on any atom is 0.490 e. The smallest absolute Gasteiger partial charge is 0.475 e. The van der Waals surface area contributed by atoms with Crippen molar-refractivity contribution in [2.24, 2.45) is 5.92 Å². The fourth-order valence-electron chi connectivity index (χ4n) is 3.69. The van der Waals surface area contributed by atoms with Crippen LogP contribution >= 0.6 is 0 Å². The minimum Gasteiger partial charge on any atom is -0.475 e. The lowest BCUT2D eigenvalue weighted by molar-refractivity contribution is -0.193. The van der Waals surface area contributed by atoms with Crippen molar-refractivity contribution < 1.29 is 74.0 Å². The highest BCUT2D eigenvalue weighted by molar-refractivity contribution is 5.98. The fourth-order valence-corrected chi connectivity index (χ4v) is 3.69. The Kier molecular flexibility index (Phi) is 15.7. The number of alkyl halides is 9. The topological polar surface area (TPSA) is 173 Å². The van der Waals surface area contributed by atoms with Crippen LogP contribution in [0.5, 0.6) is 0 Å². The number of aliphatic carboxylic acids is 3. The summed E-state index contributed by atoms with van der Waals surface area (Å²) in [6.07, 6.45) is -7.13. The van der Waals surface area contributed by atoms with Gasteiger partial charge >= 0.3 is 36.4 Å². The number of anilines is 1. The zero-order valence-electron chi connectivity index (χ0n) is 25.8. The molecule has 0 aromatic carbocycles. The third-order valence-electron chi connectivity index (χ3n) is 6.30. The molecule has 21 heteroatoms. The van der Waals surface area contributed by atoms with Crippen molar-refractivity contribution in [3.63, 3.8) is 0 Å². The van der Waals surface area contributed by atoms with Gasteiger partial charge in [0.15, 0.2) is 0 Å². The Morgan fingerprint density at radius 1 is 0.878 bits per heavy atom. The van der Waals surface area contributed by atoms with E-state index in [0.29, 0.717) is 5.56 Å². The van der Waals surface area contributed by atoms with Crippen LogP contribution in [0.25, 0.3) is 0 Å². The van der Waals surface area contributed by atoms with Gasteiger partial charge in [0, 0.05) is 64.8 Å². The summed E-state index contributed by atoms with van der Waals surface area (Å²) in [5.74, 6) is -6.76. The number of carbonyl (C=O) groups excluding carboxylic acids is 1. The summed E-state index contributed by atoms with van der Waals surface area (Å²) in [5.41, 5.74) is 4.26. The van der Waals surface area contributed by atoms with Crippen molar-refractivity contribution in [1.29, 1.82) is 0 Å². The number of rotatable bonds is 6. The van der Waals surface area contributed by atoms with E-state index >= 15 is 0 Å². The van der Waals surface area contributed by atoms with Gasteiger partial charge in [0.05, 0.1) is 5.56 Å². The number of hydrogen-bond donors (Lipinski definition) is 4. The molecule has 0 bridgehead atoms. The molecule has 3 heterocycles. The largest absolute Gasteiger partial charge is 0.490 e. The summed E-state index contributed by atoms with van der Waals surface area (Å²) in [4.78, 5) is 52.6. The minimum atomic E-state index is -5.08. The van der Waals surface area contributed by atoms with E-state index in [0.717, 1.165) is 56.5 Å². The average Bonchev–Trinajstić information content (AvgIpc) is 3.83. The lowest BCUT2D eigenvalue weighted by atomic mass is 10.0. The first-order valence-corrected chi connectivity index (χ1v) is 13.9. The fraction of sp³-hybridized carbons (Fsp3) is 0.500. The highest BCUT2D eigenvalue weighted by Gasteiger charge is 2.39. The zero-order chi connectivity index (χ0) is 37.7. The molecule has 0 spiro atoms. The Morgan fingerprint density at radius 2 is 1.37 bits per heavy atom. The molecule has 2 aliphatic rings. The number of hydrogen-bond acceptors (Lipinski definition) is 8. The van der Waals surface area contributed by atoms with Gasteiger partial charge in [0.2, 0.25) is 0 Å². The van der Waals surface area contributed by atoms with Crippen LogP contribution in [0.3, 0.4) is 0 Å². The van der Waals surface area contributed by atoms with Gasteiger partial charge in [0.25, 0.3) is 5.91 Å². The summed E-state index contributed by atoms with van der Waals surface area (Å²) in [6, 6.07) is 6.19. The zero-order valence-corrected chi connectivity index (χ0v) is 25.8. The molecule has 1 aliphatic heterocycles. The number of halogens is 9. The summed E-state index contributed by atoms with van der Waals surface area (Å²) >= 11 is 0. The third kappa shape index (κ3) is 16.3. The van der Waals surface area contributed by atoms with E-state index in [9.17, 15) is 44.3 Å². The number of carbonyl (C=O) groups is 4. The number of carboxylic acids is 3. The highest BCUT2D eigenvalue weighted by atomic mass is 19.4. The molecule has 0 unspecified atom stereocenters. The SMILES string of the molecule is CN(C)C(=O)c1cc2c(nc1NCC1CC1)CCN(Cc1cccnc1)CC2.O=C(O)C(F)(F)F.O=C(O)C(F)(F)F.O=C(O)C(F)(F)F. The van der Waals surface area contributed by atoms with Gasteiger partial charge in [-0.2, -0.15) is 39.5 Å². The van der Waals surface area contributed by atoms with Crippen molar-refractivity contribution in [2.75, 3.05) is 39.0 Å². The second kappa shape index (κ2) is 18.2. The number of nitrogens with zero attached hydrogens (tertiary/aromatic N) is 4. The van der Waals surface area contributed by atoms with Crippen LogP contribution in [0.15, 0.2) is 30.6 Å². The van der Waals surface area contributed by atoms with Crippen molar-refractivity contribution in [2.45, 2.75) is 50.8 Å². The molecule has 274 valence electrons. The number of pyridine rings is 2. The van der Waals surface area contributed by atoms with Crippen LogP contribution in [-0.4, -0.2) is 111 Å². The second-order valence-electron chi connectivity index (χ2n) is 10.6. The maximum absolute atomic E-state index is 12.7. The predicted octanol–water partition coefficient (Wildman–Crippen LogP) is 4.50. The molecule has 2 aromatic rings. The Hall–Kier alpha value is -4.69. The minimum absolute atomic E-state index is 0.0186. The van der Waals surface area contributed by atoms with E-state index in [1.54, 1.807) is 19.0 Å². The maximum atomic E-state index is 12.7. The Labute approximate surface area is 272 Å². The molecule has 4 rings (SSSR count). The standard InChI is InChI=1S/C22H29N5O.3C2HF3O2/c1-26(2)22(28)19-12-18-7-10-27(15-17-4-3-9-23-13-17)11-8-20(18)25-21(19)24-14-16-5-6-16;3*3-2(4,5)1(6)7/h3-4,9,12-13,16H,5-8,10-11,14-15H2,1-2H3,(H,24,25);3*(H,6,7). The van der Waals surface area contributed by atoms with Crippen LogP contribution in [0.2, 0.25) is 0 Å². The number of aromatic nitrogens is 2. The molecule has 0 radical (unpaired) electrons. The van der Waals surface area contributed by atoms with Gasteiger partial charge < -0.3 is 25.5 Å². The van der Waals surface area contributed by atoms with Crippen molar-refractivity contribution in [1.82, 2.24) is 19.8 Å². The van der Waals surface area contributed by atoms with E-state index in [2.05, 4.69) is 27.3 Å². The summed E-state index contributed by atoms with van der Waals surface area (Å²) in [5, 5.41) is 24.8. The van der Waals surface area contributed by atoms with Crippen LogP contribution in [0, 0.1) is 5.92 Å². The first-order valence-electron chi connectivity index (χ1n) is 13.9. The van der Waals surface area contributed by atoms with Gasteiger partial charge in [-0.1, -0.05) is 6.07 Å². The molecule has 49 heavy (non-hydrogen) atoms. The van der Waals surface area contributed by atoms with Gasteiger partial charge in [-0.05, 0) is 48.4 Å².